The summed E-state index contributed by atoms with van der Waals surface area (Å²) >= 11 is 0. The van der Waals surface area contributed by atoms with Crippen LogP contribution in [0.5, 0.6) is 0 Å². The van der Waals surface area contributed by atoms with Crippen molar-refractivity contribution in [2.24, 2.45) is 0 Å². The Labute approximate surface area is 180 Å². The molecule has 2 amide bonds. The van der Waals surface area contributed by atoms with Crippen LogP contribution in [0.3, 0.4) is 0 Å². The van der Waals surface area contributed by atoms with E-state index in [0.29, 0.717) is 24.7 Å². The zero-order valence-corrected chi connectivity index (χ0v) is 17.8. The molecule has 0 aliphatic carbocycles. The van der Waals surface area contributed by atoms with Gasteiger partial charge in [-0.2, -0.15) is 0 Å². The molecule has 0 radical (unpaired) electrons. The number of fused-ring (bicyclic) bond motifs is 1. The lowest BCUT2D eigenvalue weighted by atomic mass is 9.91. The van der Waals surface area contributed by atoms with E-state index in [1.807, 2.05) is 51.1 Å². The molecule has 31 heavy (non-hydrogen) atoms. The average molecular weight is 416 g/mol. The first-order valence-electron chi connectivity index (χ1n) is 10.1. The number of aromatic nitrogens is 2. The highest BCUT2D eigenvalue weighted by atomic mass is 16.5. The summed E-state index contributed by atoms with van der Waals surface area (Å²) < 4.78 is 5.20. The van der Waals surface area contributed by atoms with Gasteiger partial charge in [-0.25, -0.2) is 4.98 Å². The van der Waals surface area contributed by atoms with Gasteiger partial charge in [0.25, 0.3) is 5.91 Å². The SMILES string of the molecule is C#Cc1ccc2nc(C(C)(C)C(=O)Nc3ccc(N4CCOCC4=O)c(C)c3)[nH]c2c1. The molecule has 7 heteroatoms. The van der Waals surface area contributed by atoms with Crippen LogP contribution in [0.4, 0.5) is 11.4 Å². The summed E-state index contributed by atoms with van der Waals surface area (Å²) in [6.45, 7) is 6.67. The lowest BCUT2D eigenvalue weighted by molar-refractivity contribution is -0.125. The van der Waals surface area contributed by atoms with Gasteiger partial charge >= 0.3 is 0 Å². The first kappa shape index (κ1) is 20.6. The number of aromatic amines is 1. The molecule has 1 aliphatic heterocycles. The van der Waals surface area contributed by atoms with Crippen LogP contribution in [0.25, 0.3) is 11.0 Å². The van der Waals surface area contributed by atoms with E-state index in [1.54, 1.807) is 11.0 Å². The van der Waals surface area contributed by atoms with Gasteiger partial charge in [-0.15, -0.1) is 6.42 Å². The monoisotopic (exact) mass is 416 g/mol. The third-order valence-corrected chi connectivity index (χ3v) is 5.54. The van der Waals surface area contributed by atoms with E-state index in [9.17, 15) is 9.59 Å². The molecule has 1 aromatic heterocycles. The van der Waals surface area contributed by atoms with E-state index in [4.69, 9.17) is 11.2 Å². The van der Waals surface area contributed by atoms with Gasteiger partial charge in [0, 0.05) is 23.5 Å². The molecular formula is C24H24N4O3. The number of rotatable bonds is 4. The maximum absolute atomic E-state index is 13.1. The Kier molecular flexibility index (Phi) is 5.25. The quantitative estimate of drug-likeness (QED) is 0.640. The third-order valence-electron chi connectivity index (χ3n) is 5.54. The lowest BCUT2D eigenvalue weighted by Crippen LogP contribution is -2.42. The predicted molar refractivity (Wildman–Crippen MR) is 120 cm³/mol. The van der Waals surface area contributed by atoms with Gasteiger partial charge in [0.2, 0.25) is 5.91 Å². The highest BCUT2D eigenvalue weighted by Gasteiger charge is 2.33. The van der Waals surface area contributed by atoms with Crippen molar-refractivity contribution in [2.45, 2.75) is 26.2 Å². The van der Waals surface area contributed by atoms with Gasteiger partial charge in [-0.3, -0.25) is 9.59 Å². The van der Waals surface area contributed by atoms with E-state index < -0.39 is 5.41 Å². The van der Waals surface area contributed by atoms with E-state index >= 15 is 0 Å². The topological polar surface area (TPSA) is 87.3 Å². The predicted octanol–water partition coefficient (Wildman–Crippen LogP) is 3.13. The third kappa shape index (κ3) is 3.90. The number of imidazole rings is 1. The van der Waals surface area contributed by atoms with Crippen molar-refractivity contribution in [1.29, 1.82) is 0 Å². The number of amides is 2. The van der Waals surface area contributed by atoms with Crippen LogP contribution in [0, 0.1) is 19.3 Å². The van der Waals surface area contributed by atoms with Crippen molar-refractivity contribution >= 4 is 34.2 Å². The fourth-order valence-corrected chi connectivity index (χ4v) is 3.60. The molecule has 0 saturated carbocycles. The number of carbonyl (C=O) groups excluding carboxylic acids is 2. The number of terminal acetylenes is 1. The van der Waals surface area contributed by atoms with Crippen molar-refractivity contribution in [3.63, 3.8) is 0 Å². The summed E-state index contributed by atoms with van der Waals surface area (Å²) in [4.78, 5) is 34.7. The van der Waals surface area contributed by atoms with Crippen LogP contribution in [-0.2, 0) is 19.7 Å². The second-order valence-corrected chi connectivity index (χ2v) is 8.14. The Balaban J connectivity index is 1.55. The number of benzene rings is 2. The van der Waals surface area contributed by atoms with Crippen LogP contribution in [0.1, 0.15) is 30.8 Å². The second-order valence-electron chi connectivity index (χ2n) is 8.14. The number of hydrogen-bond donors (Lipinski definition) is 2. The number of ether oxygens (including phenoxy) is 1. The van der Waals surface area contributed by atoms with Crippen molar-refractivity contribution in [3.05, 3.63) is 53.3 Å². The molecule has 1 saturated heterocycles. The van der Waals surface area contributed by atoms with Crippen LogP contribution in [-0.4, -0.2) is 41.5 Å². The summed E-state index contributed by atoms with van der Waals surface area (Å²) in [6.07, 6.45) is 5.47. The minimum Gasteiger partial charge on any atom is -0.370 e. The summed E-state index contributed by atoms with van der Waals surface area (Å²) in [5, 5.41) is 2.97. The molecular weight excluding hydrogens is 392 g/mol. The molecule has 1 fully saturated rings. The molecule has 2 N–H and O–H groups in total. The Morgan fingerprint density at radius 2 is 2.10 bits per heavy atom. The molecule has 2 heterocycles. The Bertz CT molecular complexity index is 1220. The van der Waals surface area contributed by atoms with Gasteiger partial charge < -0.3 is 19.9 Å². The van der Waals surface area contributed by atoms with Crippen molar-refractivity contribution in [3.8, 4) is 12.3 Å². The number of carbonyl (C=O) groups is 2. The van der Waals surface area contributed by atoms with Crippen molar-refractivity contribution < 1.29 is 14.3 Å². The summed E-state index contributed by atoms with van der Waals surface area (Å²) in [5.41, 5.74) is 3.78. The molecule has 0 atom stereocenters. The molecule has 3 aromatic rings. The number of H-pyrrole nitrogens is 1. The summed E-state index contributed by atoms with van der Waals surface area (Å²) in [7, 11) is 0. The number of morpholine rings is 1. The van der Waals surface area contributed by atoms with Crippen LogP contribution >= 0.6 is 0 Å². The van der Waals surface area contributed by atoms with Gasteiger partial charge in [0.05, 0.1) is 17.6 Å². The average Bonchev–Trinajstić information content (AvgIpc) is 3.18. The molecule has 7 nitrogen and oxygen atoms in total. The molecule has 0 unspecified atom stereocenters. The van der Waals surface area contributed by atoms with Crippen LogP contribution < -0.4 is 10.2 Å². The molecule has 0 bridgehead atoms. The summed E-state index contributed by atoms with van der Waals surface area (Å²) in [5.74, 6) is 2.90. The zero-order chi connectivity index (χ0) is 22.2. The summed E-state index contributed by atoms with van der Waals surface area (Å²) in [6, 6.07) is 11.0. The number of aryl methyl sites for hydroxylation is 1. The number of anilines is 2. The fourth-order valence-electron chi connectivity index (χ4n) is 3.60. The first-order chi connectivity index (χ1) is 14.8. The normalized spacial score (nSPS) is 14.5. The Morgan fingerprint density at radius 1 is 1.29 bits per heavy atom. The minimum atomic E-state index is -0.901. The molecule has 1 aliphatic rings. The van der Waals surface area contributed by atoms with E-state index in [2.05, 4.69) is 21.2 Å². The fraction of sp³-hybridized carbons (Fsp3) is 0.292. The van der Waals surface area contributed by atoms with Gasteiger partial charge in [0.15, 0.2) is 0 Å². The van der Waals surface area contributed by atoms with E-state index in [-0.39, 0.29) is 18.4 Å². The highest BCUT2D eigenvalue weighted by molar-refractivity contribution is 5.99. The molecule has 158 valence electrons. The number of nitrogens with one attached hydrogen (secondary N) is 2. The molecule has 0 spiro atoms. The lowest BCUT2D eigenvalue weighted by Gasteiger charge is -2.28. The minimum absolute atomic E-state index is 0.0647. The van der Waals surface area contributed by atoms with Crippen molar-refractivity contribution in [1.82, 2.24) is 9.97 Å². The van der Waals surface area contributed by atoms with Crippen molar-refractivity contribution in [2.75, 3.05) is 30.0 Å². The van der Waals surface area contributed by atoms with E-state index in [0.717, 1.165) is 27.8 Å². The maximum Gasteiger partial charge on any atom is 0.253 e. The highest BCUT2D eigenvalue weighted by Crippen LogP contribution is 2.28. The van der Waals surface area contributed by atoms with Gasteiger partial charge in [-0.05, 0) is 62.7 Å². The Hall–Kier alpha value is -3.63. The standard InChI is InChI=1S/C24H24N4O3/c1-5-16-6-8-18-19(13-16)27-22(26-18)24(3,4)23(30)25-17-7-9-20(15(2)12-17)28-10-11-31-14-21(28)29/h1,6-9,12-13H,10-11,14H2,2-4H3,(H,25,30)(H,26,27). The van der Waals surface area contributed by atoms with Gasteiger partial charge in [0.1, 0.15) is 17.8 Å². The zero-order valence-electron chi connectivity index (χ0n) is 17.8. The first-order valence-corrected chi connectivity index (χ1v) is 10.1. The van der Waals surface area contributed by atoms with Crippen LogP contribution in [0.15, 0.2) is 36.4 Å². The second kappa shape index (κ2) is 7.89. The maximum atomic E-state index is 13.1. The number of hydrogen-bond acceptors (Lipinski definition) is 4. The Morgan fingerprint density at radius 3 is 2.81 bits per heavy atom. The molecule has 4 rings (SSSR count). The van der Waals surface area contributed by atoms with Crippen LogP contribution in [0.2, 0.25) is 0 Å². The van der Waals surface area contributed by atoms with Gasteiger partial charge in [-0.1, -0.05) is 5.92 Å². The van der Waals surface area contributed by atoms with E-state index in [1.165, 1.54) is 0 Å². The molecule has 2 aromatic carbocycles. The smallest absolute Gasteiger partial charge is 0.253 e. The largest absolute Gasteiger partial charge is 0.370 e. The number of nitrogens with zero attached hydrogens (tertiary/aromatic N) is 2.